The molecule has 0 amide bonds. The van der Waals surface area contributed by atoms with Crippen LogP contribution in [-0.2, 0) is 23.7 Å². The quantitative estimate of drug-likeness (QED) is 0.136. The highest BCUT2D eigenvalue weighted by molar-refractivity contribution is 5.92. The minimum Gasteiger partial charge on any atom is -0.452 e. The Balaban J connectivity index is 1.75. The van der Waals surface area contributed by atoms with E-state index in [0.717, 1.165) is 0 Å². The largest absolute Gasteiger partial charge is 0.452 e. The Labute approximate surface area is 252 Å². The summed E-state index contributed by atoms with van der Waals surface area (Å²) in [6, 6.07) is 30.9. The number of carbonyl (C=O) groups excluding carboxylic acids is 5. The number of hydrogen-bond donors (Lipinski definition) is 1. The van der Waals surface area contributed by atoms with E-state index in [-0.39, 0.29) is 28.5 Å². The second kappa shape index (κ2) is 15.6. The van der Waals surface area contributed by atoms with Gasteiger partial charge in [-0.1, -0.05) is 72.8 Å². The fourth-order valence-electron chi connectivity index (χ4n) is 4.13. The molecule has 0 aromatic heterocycles. The van der Waals surface area contributed by atoms with Crippen molar-refractivity contribution in [3.63, 3.8) is 0 Å². The molecule has 0 aliphatic carbocycles. The molecule has 1 N–H and O–H groups in total. The lowest BCUT2D eigenvalue weighted by Crippen LogP contribution is -2.53. The first-order valence-corrected chi connectivity index (χ1v) is 13.5. The minimum atomic E-state index is -1.87. The minimum absolute atomic E-state index is 0.0616. The molecular formula is C34H28O10. The molecule has 0 heterocycles. The highest BCUT2D eigenvalue weighted by Crippen LogP contribution is 2.23. The Kier molecular flexibility index (Phi) is 11.1. The number of ether oxygens (including phenoxy) is 4. The van der Waals surface area contributed by atoms with E-state index in [1.54, 1.807) is 72.8 Å². The molecule has 10 nitrogen and oxygen atoms in total. The van der Waals surface area contributed by atoms with Crippen LogP contribution in [0.2, 0.25) is 0 Å². The molecule has 4 aromatic carbocycles. The first kappa shape index (κ1) is 31.3. The molecule has 4 atom stereocenters. The number of carbonyl (C=O) groups is 5. The van der Waals surface area contributed by atoms with Gasteiger partial charge in [-0.05, 0) is 48.5 Å². The van der Waals surface area contributed by atoms with Gasteiger partial charge in [0.15, 0.2) is 30.7 Å². The smallest absolute Gasteiger partial charge is 0.338 e. The van der Waals surface area contributed by atoms with E-state index in [1.165, 1.54) is 48.5 Å². The van der Waals surface area contributed by atoms with E-state index in [2.05, 4.69) is 0 Å². The third-order valence-corrected chi connectivity index (χ3v) is 6.35. The standard InChI is InChI=1S/C34H28O10/c35-21-27(41-31(37)23-13-5-1-6-14-23)29(43-33(39)25-17-9-3-10-18-25)30(44-34(40)26-19-11-4-12-20-26)28(22-36)42-32(38)24-15-7-2-8-16-24/h1-21,27-30,36H,22H2/t27-,28+,29-,30-/m1/s1. The Morgan fingerprint density at radius 2 is 0.818 bits per heavy atom. The lowest BCUT2D eigenvalue weighted by atomic mass is 10.0. The van der Waals surface area contributed by atoms with E-state index in [0.29, 0.717) is 0 Å². The average Bonchev–Trinajstić information content (AvgIpc) is 3.09. The Hall–Kier alpha value is -5.61. The molecule has 0 aliphatic rings. The number of rotatable bonds is 13. The van der Waals surface area contributed by atoms with Crippen molar-refractivity contribution in [1.29, 1.82) is 0 Å². The molecular weight excluding hydrogens is 568 g/mol. The predicted molar refractivity (Wildman–Crippen MR) is 156 cm³/mol. The van der Waals surface area contributed by atoms with Gasteiger partial charge < -0.3 is 24.1 Å². The van der Waals surface area contributed by atoms with Crippen LogP contribution in [0.15, 0.2) is 121 Å². The second-order valence-corrected chi connectivity index (χ2v) is 9.34. The topological polar surface area (TPSA) is 143 Å². The van der Waals surface area contributed by atoms with Crippen LogP contribution in [0.5, 0.6) is 0 Å². The van der Waals surface area contributed by atoms with Crippen LogP contribution in [0.25, 0.3) is 0 Å². The normalized spacial score (nSPS) is 13.3. The van der Waals surface area contributed by atoms with E-state index in [1.807, 2.05) is 0 Å². The van der Waals surface area contributed by atoms with Gasteiger partial charge in [-0.3, -0.25) is 4.79 Å². The number of aliphatic hydroxyl groups is 1. The van der Waals surface area contributed by atoms with Crippen molar-refractivity contribution >= 4 is 30.2 Å². The summed E-state index contributed by atoms with van der Waals surface area (Å²) in [4.78, 5) is 65.0. The molecule has 10 heteroatoms. The maximum atomic E-state index is 13.3. The van der Waals surface area contributed by atoms with Crippen molar-refractivity contribution < 1.29 is 48.0 Å². The van der Waals surface area contributed by atoms with Crippen LogP contribution in [0.3, 0.4) is 0 Å². The Morgan fingerprint density at radius 1 is 0.500 bits per heavy atom. The third-order valence-electron chi connectivity index (χ3n) is 6.35. The maximum Gasteiger partial charge on any atom is 0.338 e. The zero-order valence-corrected chi connectivity index (χ0v) is 23.3. The molecule has 0 saturated heterocycles. The van der Waals surface area contributed by atoms with Gasteiger partial charge in [0.1, 0.15) is 0 Å². The van der Waals surface area contributed by atoms with Crippen molar-refractivity contribution in [2.75, 3.05) is 6.61 Å². The first-order valence-electron chi connectivity index (χ1n) is 13.5. The van der Waals surface area contributed by atoms with Crippen molar-refractivity contribution in [3.8, 4) is 0 Å². The molecule has 0 aliphatic heterocycles. The van der Waals surface area contributed by atoms with Crippen molar-refractivity contribution in [3.05, 3.63) is 144 Å². The monoisotopic (exact) mass is 596 g/mol. The summed E-state index contributed by atoms with van der Waals surface area (Å²) in [6.07, 6.45) is -7.05. The summed E-state index contributed by atoms with van der Waals surface area (Å²) in [5.41, 5.74) is 0.325. The van der Waals surface area contributed by atoms with Gasteiger partial charge in [-0.15, -0.1) is 0 Å². The number of esters is 4. The molecule has 44 heavy (non-hydrogen) atoms. The Morgan fingerprint density at radius 3 is 1.16 bits per heavy atom. The van der Waals surface area contributed by atoms with Gasteiger partial charge in [0.2, 0.25) is 0 Å². The molecule has 0 bridgehead atoms. The van der Waals surface area contributed by atoms with Crippen LogP contribution < -0.4 is 0 Å². The van der Waals surface area contributed by atoms with Gasteiger partial charge in [0.05, 0.1) is 28.9 Å². The highest BCUT2D eigenvalue weighted by atomic mass is 16.6. The van der Waals surface area contributed by atoms with Crippen LogP contribution in [0.1, 0.15) is 41.4 Å². The third kappa shape index (κ3) is 8.24. The number of aldehydes is 1. The summed E-state index contributed by atoms with van der Waals surface area (Å²) in [6.45, 7) is -0.928. The molecule has 4 aromatic rings. The second-order valence-electron chi connectivity index (χ2n) is 9.34. The molecule has 4 rings (SSSR count). The molecule has 0 spiro atoms. The fourth-order valence-corrected chi connectivity index (χ4v) is 4.13. The van der Waals surface area contributed by atoms with Gasteiger partial charge in [0, 0.05) is 0 Å². The van der Waals surface area contributed by atoms with E-state index >= 15 is 0 Å². The highest BCUT2D eigenvalue weighted by Gasteiger charge is 2.45. The van der Waals surface area contributed by atoms with Crippen LogP contribution in [0.4, 0.5) is 0 Å². The van der Waals surface area contributed by atoms with Crippen LogP contribution in [0, 0.1) is 0 Å². The Bertz CT molecular complexity index is 1540. The molecule has 0 fully saturated rings. The summed E-state index contributed by atoms with van der Waals surface area (Å²) < 4.78 is 22.3. The summed E-state index contributed by atoms with van der Waals surface area (Å²) in [5, 5.41) is 10.4. The number of aliphatic hydroxyl groups excluding tert-OH is 1. The van der Waals surface area contributed by atoms with Gasteiger partial charge in [0.25, 0.3) is 0 Å². The predicted octanol–water partition coefficient (Wildman–Crippen LogP) is 4.08. The van der Waals surface area contributed by atoms with E-state index in [4.69, 9.17) is 18.9 Å². The van der Waals surface area contributed by atoms with Gasteiger partial charge in [-0.2, -0.15) is 0 Å². The zero-order valence-electron chi connectivity index (χ0n) is 23.3. The lowest BCUT2D eigenvalue weighted by molar-refractivity contribution is -0.142. The molecule has 0 saturated carbocycles. The zero-order chi connectivity index (χ0) is 31.3. The van der Waals surface area contributed by atoms with Crippen molar-refractivity contribution in [2.45, 2.75) is 24.4 Å². The number of benzene rings is 4. The average molecular weight is 597 g/mol. The van der Waals surface area contributed by atoms with Crippen molar-refractivity contribution in [2.24, 2.45) is 0 Å². The van der Waals surface area contributed by atoms with Gasteiger partial charge in [-0.25, -0.2) is 19.2 Å². The molecule has 0 radical (unpaired) electrons. The lowest BCUT2D eigenvalue weighted by Gasteiger charge is -2.34. The van der Waals surface area contributed by atoms with E-state index < -0.39 is 54.9 Å². The summed E-state index contributed by atoms with van der Waals surface area (Å²) in [5.74, 6) is -3.77. The van der Waals surface area contributed by atoms with Crippen LogP contribution >= 0.6 is 0 Å². The summed E-state index contributed by atoms with van der Waals surface area (Å²) in [7, 11) is 0. The fraction of sp³-hybridized carbons (Fsp3) is 0.147. The van der Waals surface area contributed by atoms with E-state index in [9.17, 15) is 29.1 Å². The molecule has 0 unspecified atom stereocenters. The molecule has 224 valence electrons. The van der Waals surface area contributed by atoms with Gasteiger partial charge >= 0.3 is 23.9 Å². The van der Waals surface area contributed by atoms with Crippen LogP contribution in [-0.4, -0.2) is 66.3 Å². The first-order chi connectivity index (χ1) is 21.4. The SMILES string of the molecule is O=C[C@@H](OC(=O)c1ccccc1)[C@@H](OC(=O)c1ccccc1)[C@H](OC(=O)c1ccccc1)[C@H](CO)OC(=O)c1ccccc1. The maximum absolute atomic E-state index is 13.3. The van der Waals surface area contributed by atoms with Crippen molar-refractivity contribution in [1.82, 2.24) is 0 Å². The number of hydrogen-bond acceptors (Lipinski definition) is 10. The summed E-state index contributed by atoms with van der Waals surface area (Å²) >= 11 is 0.